The largest absolute Gasteiger partial charge is 0.370 e. The minimum atomic E-state index is -1.62. The highest BCUT2D eigenvalue weighted by atomic mass is 16.2. The number of aromatic nitrogens is 1. The number of urea groups is 1. The summed E-state index contributed by atoms with van der Waals surface area (Å²) in [6.07, 6.45) is 2.35. The first-order valence-corrected chi connectivity index (χ1v) is 25.4. The average Bonchev–Trinajstić information content (AvgIpc) is 3.78. The number of rotatable bonds is 20. The number of carbonyl (C=O) groups excluding carboxylic acids is 10. The molecule has 7 atom stereocenters. The number of hydrogen-bond donors (Lipinski definition) is 15. The molecule has 2 heterocycles. The number of nitrogens with two attached hydrogens (primary N) is 5. The first-order valence-electron chi connectivity index (χ1n) is 25.4. The molecule has 0 aliphatic carbocycles. The van der Waals surface area contributed by atoms with Gasteiger partial charge in [-0.1, -0.05) is 48.5 Å². The lowest BCUT2D eigenvalue weighted by molar-refractivity contribution is -0.136. The van der Waals surface area contributed by atoms with Crippen molar-refractivity contribution in [1.29, 1.82) is 0 Å². The monoisotopic (exact) mass is 1060 g/mol. The summed E-state index contributed by atoms with van der Waals surface area (Å²) in [6.45, 7) is 1.56. The number of aromatic amines is 1. The Morgan fingerprint density at radius 2 is 1.33 bits per heavy atom. The zero-order valence-electron chi connectivity index (χ0n) is 42.8. The summed E-state index contributed by atoms with van der Waals surface area (Å²) >= 11 is 0. The van der Waals surface area contributed by atoms with E-state index in [1.54, 1.807) is 42.6 Å². The summed E-state index contributed by atoms with van der Waals surface area (Å²) in [5.74, 6) is -7.38. The first kappa shape index (κ1) is 60.3. The van der Waals surface area contributed by atoms with Gasteiger partial charge in [-0.05, 0) is 87.9 Å². The molecule has 20 N–H and O–H groups in total. The Balaban J connectivity index is 1.78. The fourth-order valence-corrected chi connectivity index (χ4v) is 8.44. The molecule has 0 bridgehead atoms. The van der Waals surface area contributed by atoms with Crippen LogP contribution in [0, 0.1) is 0 Å². The summed E-state index contributed by atoms with van der Waals surface area (Å²) < 4.78 is 0. The van der Waals surface area contributed by atoms with Crippen molar-refractivity contribution < 1.29 is 47.9 Å². The molecule has 7 unspecified atom stereocenters. The minimum Gasteiger partial charge on any atom is -0.370 e. The molecule has 26 heteroatoms. The molecule has 1 aliphatic rings. The number of aliphatic imine (C=N–C) groups is 1. The molecule has 3 aromatic rings. The molecule has 1 aromatic heterocycles. The van der Waals surface area contributed by atoms with Crippen molar-refractivity contribution in [1.82, 2.24) is 52.8 Å². The fourth-order valence-electron chi connectivity index (χ4n) is 8.44. The summed E-state index contributed by atoms with van der Waals surface area (Å²) in [6, 6.07) is 5.49. The minimum absolute atomic E-state index is 0.00122. The number of H-pyrrole nitrogens is 1. The van der Waals surface area contributed by atoms with Gasteiger partial charge in [0.15, 0.2) is 5.96 Å². The highest BCUT2D eigenvalue weighted by Crippen LogP contribution is 2.20. The molecule has 1 aliphatic heterocycles. The van der Waals surface area contributed by atoms with Crippen LogP contribution in [0.15, 0.2) is 65.8 Å². The van der Waals surface area contributed by atoms with Crippen LogP contribution < -0.4 is 76.5 Å². The maximum absolute atomic E-state index is 14.6. The molecule has 4 rings (SSSR count). The highest BCUT2D eigenvalue weighted by Gasteiger charge is 2.35. The van der Waals surface area contributed by atoms with Crippen LogP contribution in [-0.4, -0.2) is 139 Å². The van der Waals surface area contributed by atoms with Crippen LogP contribution in [0.25, 0.3) is 10.9 Å². The number of benzene rings is 2. The number of hydrogen-bond acceptors (Lipinski definition) is 12. The van der Waals surface area contributed by atoms with Crippen LogP contribution in [0.4, 0.5) is 4.79 Å². The van der Waals surface area contributed by atoms with Crippen LogP contribution in [0.3, 0.4) is 0 Å². The number of primary amides is 2. The third kappa shape index (κ3) is 20.9. The predicted molar refractivity (Wildman–Crippen MR) is 282 cm³/mol. The average molecular weight is 1060 g/mol. The molecule has 11 amide bonds. The van der Waals surface area contributed by atoms with Gasteiger partial charge in [0, 0.05) is 56.5 Å². The Hall–Kier alpha value is -8.29. The lowest BCUT2D eigenvalue weighted by Gasteiger charge is -2.28. The van der Waals surface area contributed by atoms with Gasteiger partial charge in [0.25, 0.3) is 0 Å². The molecule has 0 spiro atoms. The van der Waals surface area contributed by atoms with Crippen LogP contribution in [0.5, 0.6) is 0 Å². The van der Waals surface area contributed by atoms with E-state index < -0.39 is 108 Å². The molecule has 76 heavy (non-hydrogen) atoms. The normalized spacial score (nSPS) is 21.0. The Morgan fingerprint density at radius 3 is 1.99 bits per heavy atom. The van der Waals surface area contributed by atoms with Crippen molar-refractivity contribution in [2.45, 2.75) is 133 Å². The lowest BCUT2D eigenvalue weighted by Crippen LogP contribution is -2.60. The van der Waals surface area contributed by atoms with E-state index >= 15 is 0 Å². The summed E-state index contributed by atoms with van der Waals surface area (Å²) in [5, 5.41) is 24.5. The van der Waals surface area contributed by atoms with E-state index in [9.17, 15) is 47.9 Å². The molecule has 0 saturated carbocycles. The van der Waals surface area contributed by atoms with Gasteiger partial charge < -0.3 is 81.5 Å². The molecule has 26 nitrogen and oxygen atoms in total. The van der Waals surface area contributed by atoms with Gasteiger partial charge in [-0.2, -0.15) is 0 Å². The smallest absolute Gasteiger partial charge is 0.312 e. The highest BCUT2D eigenvalue weighted by molar-refractivity contribution is 5.99. The second-order valence-electron chi connectivity index (χ2n) is 18.5. The van der Waals surface area contributed by atoms with Gasteiger partial charge >= 0.3 is 6.03 Å². The zero-order chi connectivity index (χ0) is 55.6. The number of para-hydroxylation sites is 1. The molecule has 0 radical (unpaired) electrons. The molecular weight excluding hydrogens is 985 g/mol. The first-order chi connectivity index (χ1) is 36.3. The Labute approximate surface area is 440 Å². The van der Waals surface area contributed by atoms with E-state index in [0.29, 0.717) is 24.0 Å². The van der Waals surface area contributed by atoms with Crippen molar-refractivity contribution in [3.63, 3.8) is 0 Å². The number of guanidine groups is 1. The van der Waals surface area contributed by atoms with Crippen LogP contribution in [-0.2, 0) is 56.0 Å². The van der Waals surface area contributed by atoms with Crippen molar-refractivity contribution in [3.8, 4) is 0 Å². The summed E-state index contributed by atoms with van der Waals surface area (Å²) in [5.41, 5.74) is 29.8. The molecule has 1 fully saturated rings. The zero-order valence-corrected chi connectivity index (χ0v) is 42.8. The van der Waals surface area contributed by atoms with Crippen molar-refractivity contribution in [2.75, 3.05) is 26.2 Å². The van der Waals surface area contributed by atoms with E-state index in [1.165, 1.54) is 6.92 Å². The molecule has 414 valence electrons. The maximum Gasteiger partial charge on any atom is 0.312 e. The third-order valence-corrected chi connectivity index (χ3v) is 12.4. The van der Waals surface area contributed by atoms with Gasteiger partial charge in [-0.15, -0.1) is 0 Å². The third-order valence-electron chi connectivity index (χ3n) is 12.4. The molecule has 1 saturated heterocycles. The van der Waals surface area contributed by atoms with E-state index in [-0.39, 0.29) is 96.3 Å². The standard InChI is InChI=1S/C50H74N16O10/c1-29(67)60-35(19-11-23-57-49(53)54)43(70)66-40-27-41(68)56-22-10-8-17-34(42(52)69)61-47(74)39(26-31-28-59-33-16-6-5-15-32(31)33)65-45(72)37(20-12-24-58-50(55)76)63-46(73)38(25-30-13-3-2-4-14-30)64-44(71)36(62-48(40)75)18-7-9-21-51/h2-6,13-16,28,34-40,59H,7-12,17-27,51H2,1H3,(H2,52,69)(H,56,68)(H,60,67)(H,61,74)(H,62,75)(H,63,73)(H,64,71)(H,65,72)(H,66,70)(H4,53,54,57)(H3,55,58,76). The lowest BCUT2D eigenvalue weighted by atomic mass is 10.0. The SMILES string of the molecule is CC(=O)NC(CCCN=C(N)N)C(=O)NC1CC(=O)NCCCCC(C(N)=O)NC(=O)C(Cc2c[nH]c3ccccc23)NC(=O)C(CCCNC(N)=O)NC(=O)C(Cc2ccccc2)NC(=O)C(CCCCN)NC1=O. The van der Waals surface area contributed by atoms with Crippen molar-refractivity contribution >= 4 is 76.1 Å². The van der Waals surface area contributed by atoms with Crippen LogP contribution >= 0.6 is 0 Å². The quantitative estimate of drug-likeness (QED) is 0.0309. The number of unbranched alkanes of at least 4 members (excludes halogenated alkanes) is 1. The Bertz CT molecular complexity index is 2500. The van der Waals surface area contributed by atoms with Gasteiger partial charge in [0.2, 0.25) is 53.2 Å². The van der Waals surface area contributed by atoms with Gasteiger partial charge in [0.1, 0.15) is 42.3 Å². The second kappa shape index (κ2) is 31.4. The summed E-state index contributed by atoms with van der Waals surface area (Å²) in [7, 11) is 0. The fraction of sp³-hybridized carbons (Fsp3) is 0.500. The Kier molecular flexibility index (Phi) is 24.9. The number of fused-ring (bicyclic) bond motifs is 1. The predicted octanol–water partition coefficient (Wildman–Crippen LogP) is -2.83. The van der Waals surface area contributed by atoms with E-state index in [2.05, 4.69) is 57.8 Å². The Morgan fingerprint density at radius 1 is 0.711 bits per heavy atom. The van der Waals surface area contributed by atoms with E-state index in [1.807, 2.05) is 18.2 Å². The topological polar surface area (TPSA) is 437 Å². The number of carbonyl (C=O) groups is 10. The second-order valence-corrected chi connectivity index (χ2v) is 18.5. The van der Waals surface area contributed by atoms with Crippen LogP contribution in [0.1, 0.15) is 88.7 Å². The van der Waals surface area contributed by atoms with E-state index in [0.717, 1.165) is 10.9 Å². The number of nitrogens with zero attached hydrogens (tertiary/aromatic N) is 1. The van der Waals surface area contributed by atoms with Crippen molar-refractivity contribution in [3.05, 3.63) is 71.9 Å². The number of nitrogens with one attached hydrogen (secondary N) is 10. The molecule has 2 aromatic carbocycles. The summed E-state index contributed by atoms with van der Waals surface area (Å²) in [4.78, 5) is 144. The molecular formula is C50H74N16O10. The van der Waals surface area contributed by atoms with Crippen LogP contribution in [0.2, 0.25) is 0 Å². The van der Waals surface area contributed by atoms with Crippen molar-refractivity contribution in [2.24, 2.45) is 33.7 Å². The van der Waals surface area contributed by atoms with Gasteiger partial charge in [0.05, 0.1) is 6.42 Å². The number of amides is 11. The van der Waals surface area contributed by atoms with Gasteiger partial charge in [-0.3, -0.25) is 48.1 Å². The van der Waals surface area contributed by atoms with Gasteiger partial charge in [-0.25, -0.2) is 4.79 Å². The van der Waals surface area contributed by atoms with E-state index in [4.69, 9.17) is 28.7 Å². The maximum atomic E-state index is 14.6.